The van der Waals surface area contributed by atoms with Gasteiger partial charge in [-0.1, -0.05) is 66.4 Å². The van der Waals surface area contributed by atoms with E-state index in [-0.39, 0.29) is 23.4 Å². The molecule has 0 aliphatic heterocycles. The Morgan fingerprint density at radius 1 is 0.950 bits per heavy atom. The number of rotatable bonds is 10. The van der Waals surface area contributed by atoms with E-state index in [0.717, 1.165) is 46.7 Å². The second-order valence-corrected chi connectivity index (χ2v) is 12.7. The van der Waals surface area contributed by atoms with Crippen molar-refractivity contribution in [3.05, 3.63) is 94.5 Å². The fourth-order valence-electron chi connectivity index (χ4n) is 4.92. The van der Waals surface area contributed by atoms with Crippen LogP contribution in [0.15, 0.2) is 77.7 Å². The maximum atomic E-state index is 14.0. The molecule has 1 fully saturated rings. The second kappa shape index (κ2) is 12.9. The number of carbonyl (C=O) groups excluding carboxylic acids is 2. The van der Waals surface area contributed by atoms with Crippen LogP contribution in [-0.4, -0.2) is 43.8 Å². The molecule has 0 aromatic heterocycles. The molecule has 2 amide bonds. The first kappa shape index (κ1) is 29.6. The first-order valence-electron chi connectivity index (χ1n) is 13.6. The minimum absolute atomic E-state index is 0.0679. The van der Waals surface area contributed by atoms with Gasteiger partial charge in [-0.3, -0.25) is 13.9 Å². The number of hydrogen-bond acceptors (Lipinski definition) is 4. The van der Waals surface area contributed by atoms with E-state index in [2.05, 4.69) is 5.32 Å². The van der Waals surface area contributed by atoms with Gasteiger partial charge in [-0.2, -0.15) is 0 Å². The average Bonchev–Trinajstić information content (AvgIpc) is 3.44. The highest BCUT2D eigenvalue weighted by molar-refractivity contribution is 7.92. The molecule has 9 heteroatoms. The fourth-order valence-corrected chi connectivity index (χ4v) is 6.46. The number of amides is 2. The van der Waals surface area contributed by atoms with Crippen molar-refractivity contribution in [3.63, 3.8) is 0 Å². The number of nitrogens with one attached hydrogen (secondary N) is 1. The Balaban J connectivity index is 1.69. The molecule has 1 saturated carbocycles. The summed E-state index contributed by atoms with van der Waals surface area (Å²) in [6.45, 7) is 5.21. The number of carbonyl (C=O) groups is 2. The number of benzene rings is 3. The van der Waals surface area contributed by atoms with Crippen LogP contribution in [0.1, 0.15) is 49.3 Å². The molecule has 0 saturated heterocycles. The predicted molar refractivity (Wildman–Crippen MR) is 159 cm³/mol. The van der Waals surface area contributed by atoms with Crippen LogP contribution >= 0.6 is 11.6 Å². The molecular formula is C31H36ClN3O4S. The second-order valence-electron chi connectivity index (χ2n) is 10.4. The third kappa shape index (κ3) is 7.04. The lowest BCUT2D eigenvalue weighted by Gasteiger charge is -2.33. The molecule has 4 rings (SSSR count). The molecular weight excluding hydrogens is 546 g/mol. The number of nitrogens with zero attached hydrogens (tertiary/aromatic N) is 2. The Hall–Kier alpha value is -3.36. The molecule has 3 aromatic carbocycles. The van der Waals surface area contributed by atoms with E-state index >= 15 is 0 Å². The van der Waals surface area contributed by atoms with Crippen LogP contribution in [0.5, 0.6) is 0 Å². The largest absolute Gasteiger partial charge is 0.352 e. The van der Waals surface area contributed by atoms with Gasteiger partial charge in [0, 0.05) is 17.6 Å². The van der Waals surface area contributed by atoms with Gasteiger partial charge in [-0.25, -0.2) is 8.42 Å². The van der Waals surface area contributed by atoms with Gasteiger partial charge in [-0.05, 0) is 81.1 Å². The Kier molecular flexibility index (Phi) is 9.53. The van der Waals surface area contributed by atoms with Crippen molar-refractivity contribution >= 4 is 39.1 Å². The quantitative estimate of drug-likeness (QED) is 0.336. The van der Waals surface area contributed by atoms with Crippen LogP contribution in [0.25, 0.3) is 0 Å². The van der Waals surface area contributed by atoms with Crippen LogP contribution in [0.2, 0.25) is 5.02 Å². The summed E-state index contributed by atoms with van der Waals surface area (Å²) >= 11 is 6.08. The molecule has 1 N–H and O–H groups in total. The molecule has 40 heavy (non-hydrogen) atoms. The Labute approximate surface area is 242 Å². The van der Waals surface area contributed by atoms with Crippen molar-refractivity contribution < 1.29 is 18.0 Å². The maximum absolute atomic E-state index is 14.0. The standard InChI is InChI=1S/C31H36ClN3O4S/c1-22-12-18-29(19-13-22)40(38,39)35(28-16-14-26(32)15-17-28)21-30(36)34(20-25-9-5-4-8-23(25)2)24(3)31(37)33-27-10-6-7-11-27/h4-5,8-9,12-19,24,27H,6-7,10-11,20-21H2,1-3H3,(H,33,37)/t24-/m1/s1. The van der Waals surface area contributed by atoms with E-state index in [4.69, 9.17) is 11.6 Å². The van der Waals surface area contributed by atoms with E-state index in [1.807, 2.05) is 38.1 Å². The zero-order valence-electron chi connectivity index (χ0n) is 23.1. The zero-order valence-corrected chi connectivity index (χ0v) is 24.7. The van der Waals surface area contributed by atoms with E-state index in [1.54, 1.807) is 43.3 Å². The minimum atomic E-state index is -4.12. The highest BCUT2D eigenvalue weighted by Crippen LogP contribution is 2.26. The molecule has 0 unspecified atom stereocenters. The van der Waals surface area contributed by atoms with Gasteiger partial charge in [0.15, 0.2) is 0 Å². The molecule has 0 spiro atoms. The third-order valence-electron chi connectivity index (χ3n) is 7.47. The van der Waals surface area contributed by atoms with Crippen molar-refractivity contribution in [1.29, 1.82) is 0 Å². The first-order chi connectivity index (χ1) is 19.1. The Bertz CT molecular complexity index is 1440. The molecule has 3 aromatic rings. The summed E-state index contributed by atoms with van der Waals surface area (Å²) in [5.41, 5.74) is 3.08. The van der Waals surface area contributed by atoms with Gasteiger partial charge >= 0.3 is 0 Å². The normalized spacial score (nSPS) is 14.5. The van der Waals surface area contributed by atoms with Crippen LogP contribution < -0.4 is 9.62 Å². The van der Waals surface area contributed by atoms with Crippen molar-refractivity contribution in [3.8, 4) is 0 Å². The van der Waals surface area contributed by atoms with Gasteiger partial charge in [-0.15, -0.1) is 0 Å². The molecule has 1 aliphatic carbocycles. The molecule has 0 bridgehead atoms. The minimum Gasteiger partial charge on any atom is -0.352 e. The van der Waals surface area contributed by atoms with E-state index in [0.29, 0.717) is 10.7 Å². The highest BCUT2D eigenvalue weighted by Gasteiger charge is 2.33. The first-order valence-corrected chi connectivity index (χ1v) is 15.4. The van der Waals surface area contributed by atoms with E-state index in [9.17, 15) is 18.0 Å². The summed E-state index contributed by atoms with van der Waals surface area (Å²) < 4.78 is 28.8. The third-order valence-corrected chi connectivity index (χ3v) is 9.51. The van der Waals surface area contributed by atoms with E-state index < -0.39 is 28.5 Å². The van der Waals surface area contributed by atoms with Gasteiger partial charge in [0.25, 0.3) is 10.0 Å². The lowest BCUT2D eigenvalue weighted by Crippen LogP contribution is -2.52. The molecule has 1 atom stereocenters. The van der Waals surface area contributed by atoms with E-state index in [1.165, 1.54) is 17.0 Å². The highest BCUT2D eigenvalue weighted by atomic mass is 35.5. The van der Waals surface area contributed by atoms with Crippen molar-refractivity contribution in [2.75, 3.05) is 10.8 Å². The van der Waals surface area contributed by atoms with Gasteiger partial charge in [0.1, 0.15) is 12.6 Å². The number of anilines is 1. The van der Waals surface area contributed by atoms with Gasteiger partial charge in [0.2, 0.25) is 11.8 Å². The van der Waals surface area contributed by atoms with Crippen molar-refractivity contribution in [2.24, 2.45) is 0 Å². The molecule has 212 valence electrons. The monoisotopic (exact) mass is 581 g/mol. The number of halogens is 1. The lowest BCUT2D eigenvalue weighted by molar-refractivity contribution is -0.139. The smallest absolute Gasteiger partial charge is 0.264 e. The number of hydrogen-bond donors (Lipinski definition) is 1. The summed E-state index contributed by atoms with van der Waals surface area (Å²) in [5, 5.41) is 3.53. The Morgan fingerprint density at radius 3 is 2.20 bits per heavy atom. The average molecular weight is 582 g/mol. The SMILES string of the molecule is Cc1ccc(S(=O)(=O)N(CC(=O)N(Cc2ccccc2C)[C@H](C)C(=O)NC2CCCC2)c2ccc(Cl)cc2)cc1. The lowest BCUT2D eigenvalue weighted by atomic mass is 10.1. The van der Waals surface area contributed by atoms with Crippen LogP contribution in [0, 0.1) is 13.8 Å². The molecule has 1 aliphatic rings. The van der Waals surface area contributed by atoms with Gasteiger partial charge < -0.3 is 10.2 Å². The van der Waals surface area contributed by atoms with Crippen LogP contribution in [0.4, 0.5) is 5.69 Å². The van der Waals surface area contributed by atoms with Gasteiger partial charge in [0.05, 0.1) is 10.6 Å². The Morgan fingerprint density at radius 2 is 1.57 bits per heavy atom. The molecule has 7 nitrogen and oxygen atoms in total. The van der Waals surface area contributed by atoms with Crippen LogP contribution in [-0.2, 0) is 26.2 Å². The van der Waals surface area contributed by atoms with Crippen molar-refractivity contribution in [1.82, 2.24) is 10.2 Å². The summed E-state index contributed by atoms with van der Waals surface area (Å²) in [4.78, 5) is 28.9. The maximum Gasteiger partial charge on any atom is 0.264 e. The predicted octanol–water partition coefficient (Wildman–Crippen LogP) is 5.63. The topological polar surface area (TPSA) is 86.8 Å². The summed E-state index contributed by atoms with van der Waals surface area (Å²) in [6, 6.07) is 19.8. The molecule has 0 heterocycles. The van der Waals surface area contributed by atoms with Crippen LogP contribution in [0.3, 0.4) is 0 Å². The number of aryl methyl sites for hydroxylation is 2. The zero-order chi connectivity index (χ0) is 28.9. The molecule has 0 radical (unpaired) electrons. The fraction of sp³-hybridized carbons (Fsp3) is 0.355. The summed E-state index contributed by atoms with van der Waals surface area (Å²) in [6.07, 6.45) is 3.98. The number of sulfonamides is 1. The summed E-state index contributed by atoms with van der Waals surface area (Å²) in [7, 11) is -4.12. The van der Waals surface area contributed by atoms with Crippen molar-refractivity contribution in [2.45, 2.75) is 70.0 Å². The summed E-state index contributed by atoms with van der Waals surface area (Å²) in [5.74, 6) is -0.726.